The first-order chi connectivity index (χ1) is 16.6. The average molecular weight is 516 g/mol. The summed E-state index contributed by atoms with van der Waals surface area (Å²) in [5, 5.41) is 13.4. The number of hydrogen-bond donors (Lipinski definition) is 1. The Kier molecular flexibility index (Phi) is 5.97. The second-order valence-electron chi connectivity index (χ2n) is 9.45. The molecule has 8 nitrogen and oxygen atoms in total. The van der Waals surface area contributed by atoms with E-state index < -0.39 is 21.4 Å². The van der Waals surface area contributed by atoms with Gasteiger partial charge in [-0.2, -0.15) is 0 Å². The Hall–Kier alpha value is -2.75. The van der Waals surface area contributed by atoms with E-state index in [9.17, 15) is 23.1 Å². The summed E-state index contributed by atoms with van der Waals surface area (Å²) in [5.41, 5.74) is 0.00779. The van der Waals surface area contributed by atoms with E-state index >= 15 is 0 Å². The Bertz CT molecular complexity index is 1440. The number of amides is 1. The van der Waals surface area contributed by atoms with Gasteiger partial charge in [-0.1, -0.05) is 23.7 Å². The van der Waals surface area contributed by atoms with Crippen molar-refractivity contribution in [1.82, 2.24) is 14.5 Å². The summed E-state index contributed by atoms with van der Waals surface area (Å²) in [5.74, 6) is -1.23. The Morgan fingerprint density at radius 1 is 1.17 bits per heavy atom. The number of benzene rings is 2. The fourth-order valence-corrected chi connectivity index (χ4v) is 6.62. The zero-order chi connectivity index (χ0) is 25.0. The predicted molar refractivity (Wildman–Crippen MR) is 131 cm³/mol. The number of ketones is 1. The van der Waals surface area contributed by atoms with Crippen LogP contribution in [-0.4, -0.2) is 64.1 Å². The van der Waals surface area contributed by atoms with E-state index in [1.807, 2.05) is 0 Å². The average Bonchev–Trinajstić information content (AvgIpc) is 3.37. The van der Waals surface area contributed by atoms with E-state index in [4.69, 9.17) is 11.6 Å². The van der Waals surface area contributed by atoms with Crippen LogP contribution < -0.4 is 0 Å². The van der Waals surface area contributed by atoms with E-state index in [1.54, 1.807) is 53.0 Å². The maximum absolute atomic E-state index is 12.9. The summed E-state index contributed by atoms with van der Waals surface area (Å²) in [6, 6.07) is 10.1. The van der Waals surface area contributed by atoms with E-state index in [0.29, 0.717) is 23.0 Å². The number of rotatable bonds is 5. The molecule has 10 heteroatoms. The van der Waals surface area contributed by atoms with Gasteiger partial charge < -0.3 is 14.6 Å². The van der Waals surface area contributed by atoms with Gasteiger partial charge >= 0.3 is 0 Å². The van der Waals surface area contributed by atoms with Crippen molar-refractivity contribution < 1.29 is 23.1 Å². The molecular weight excluding hydrogens is 490 g/mol. The lowest BCUT2D eigenvalue weighted by Gasteiger charge is -2.41. The fourth-order valence-electron chi connectivity index (χ4n) is 5.18. The normalized spacial score (nSPS) is 19.8. The monoisotopic (exact) mass is 515 g/mol. The Morgan fingerprint density at radius 2 is 1.86 bits per heavy atom. The highest BCUT2D eigenvalue weighted by Crippen LogP contribution is 2.37. The molecule has 3 aromatic rings. The van der Waals surface area contributed by atoms with Crippen LogP contribution in [0, 0.1) is 12.8 Å². The largest absolute Gasteiger partial charge is 0.389 e. The number of carbonyl (C=O) groups excluding carboxylic acids is 2. The molecule has 2 aliphatic heterocycles. The van der Waals surface area contributed by atoms with Crippen LogP contribution in [-0.2, 0) is 21.2 Å². The third-order valence-electron chi connectivity index (χ3n) is 7.30. The van der Waals surface area contributed by atoms with Gasteiger partial charge in [0.1, 0.15) is 5.69 Å². The molecule has 184 valence electrons. The molecule has 0 spiro atoms. The van der Waals surface area contributed by atoms with Crippen LogP contribution in [0.1, 0.15) is 35.4 Å². The van der Waals surface area contributed by atoms with Crippen molar-refractivity contribution in [3.63, 3.8) is 0 Å². The number of aromatic nitrogens is 2. The van der Waals surface area contributed by atoms with Gasteiger partial charge in [0.2, 0.25) is 5.91 Å². The number of nitrogens with zero attached hydrogens (tertiary/aromatic N) is 3. The molecule has 1 amide bonds. The number of likely N-dealkylation sites (tertiary alicyclic amines) is 1. The highest BCUT2D eigenvalue weighted by atomic mass is 35.5. The molecule has 1 unspecified atom stereocenters. The Balaban J connectivity index is 1.19. The number of piperidine rings is 1. The predicted octanol–water partition coefficient (Wildman–Crippen LogP) is 3.03. The summed E-state index contributed by atoms with van der Waals surface area (Å²) < 4.78 is 27.5. The number of Topliss-reactive ketones (excluding diaryl/α,β-unsaturated/α-hetero) is 1. The minimum absolute atomic E-state index is 0.106. The summed E-state index contributed by atoms with van der Waals surface area (Å²) >= 11 is 5.99. The second-order valence-corrected chi connectivity index (χ2v) is 12.0. The van der Waals surface area contributed by atoms with Gasteiger partial charge in [0.25, 0.3) is 0 Å². The second kappa shape index (κ2) is 8.72. The Morgan fingerprint density at radius 3 is 2.57 bits per heavy atom. The molecule has 0 aliphatic carbocycles. The molecule has 1 aromatic heterocycles. The lowest BCUT2D eigenvalue weighted by molar-refractivity contribution is -0.136. The Labute approximate surface area is 208 Å². The first-order valence-electron chi connectivity index (χ1n) is 11.6. The van der Waals surface area contributed by atoms with E-state index in [2.05, 4.69) is 4.98 Å². The maximum atomic E-state index is 12.9. The topological polar surface area (TPSA) is 110 Å². The SMILES string of the molecule is Cc1ncn2c1C(=O)C(C1(O)CCN(C(=O)CCS(=O)(=O)c3ccc4cc(Cl)ccc4c3)CC1)C2. The highest BCUT2D eigenvalue weighted by Gasteiger charge is 2.48. The number of carbonyl (C=O) groups is 2. The smallest absolute Gasteiger partial charge is 0.223 e. The van der Waals surface area contributed by atoms with Crippen LogP contribution in [0.3, 0.4) is 0 Å². The number of fused-ring (bicyclic) bond motifs is 2. The number of aliphatic hydroxyl groups is 1. The quantitative estimate of drug-likeness (QED) is 0.559. The van der Waals surface area contributed by atoms with E-state index in [0.717, 1.165) is 10.8 Å². The molecule has 2 aromatic carbocycles. The van der Waals surface area contributed by atoms with E-state index in [-0.39, 0.29) is 54.7 Å². The van der Waals surface area contributed by atoms with Crippen LogP contribution >= 0.6 is 11.6 Å². The van der Waals surface area contributed by atoms with Crippen LogP contribution in [0.25, 0.3) is 10.8 Å². The fraction of sp³-hybridized carbons (Fsp3) is 0.400. The lowest BCUT2D eigenvalue weighted by Crippen LogP contribution is -2.52. The molecule has 35 heavy (non-hydrogen) atoms. The molecule has 0 radical (unpaired) electrons. The van der Waals surface area contributed by atoms with Crippen molar-refractivity contribution in [3.8, 4) is 0 Å². The molecule has 0 bridgehead atoms. The zero-order valence-corrected chi connectivity index (χ0v) is 20.8. The standard InChI is InChI=1S/C25H26ClN3O5S/c1-16-23-24(31)21(14-29(23)15-27-16)25(32)7-9-28(10-8-25)22(30)6-11-35(33,34)20-5-3-17-12-19(26)4-2-18(17)13-20/h2-5,12-13,15,21,32H,6-11,14H2,1H3. The van der Waals surface area contributed by atoms with Gasteiger partial charge in [-0.15, -0.1) is 0 Å². The van der Waals surface area contributed by atoms with E-state index in [1.165, 1.54) is 6.07 Å². The highest BCUT2D eigenvalue weighted by molar-refractivity contribution is 7.91. The van der Waals surface area contributed by atoms with Crippen molar-refractivity contribution in [2.75, 3.05) is 18.8 Å². The molecule has 1 fully saturated rings. The number of sulfone groups is 1. The molecule has 2 aliphatic rings. The molecular formula is C25H26ClN3O5S. The molecule has 0 saturated carbocycles. The number of hydrogen-bond acceptors (Lipinski definition) is 6. The first kappa shape index (κ1) is 24.0. The van der Waals surface area contributed by atoms with Crippen LogP contribution in [0.15, 0.2) is 47.6 Å². The summed E-state index contributed by atoms with van der Waals surface area (Å²) in [4.78, 5) is 31.6. The number of imidazole rings is 1. The molecule has 3 heterocycles. The summed E-state index contributed by atoms with van der Waals surface area (Å²) in [7, 11) is -3.65. The van der Waals surface area contributed by atoms with Crippen molar-refractivity contribution in [3.05, 3.63) is 59.1 Å². The van der Waals surface area contributed by atoms with Crippen molar-refractivity contribution in [1.29, 1.82) is 0 Å². The summed E-state index contributed by atoms with van der Waals surface area (Å²) in [6.45, 7) is 2.72. The zero-order valence-electron chi connectivity index (χ0n) is 19.3. The minimum atomic E-state index is -3.65. The lowest BCUT2D eigenvalue weighted by atomic mass is 9.77. The van der Waals surface area contributed by atoms with Gasteiger partial charge in [-0.3, -0.25) is 9.59 Å². The van der Waals surface area contributed by atoms with Gasteiger partial charge in [0, 0.05) is 31.1 Å². The maximum Gasteiger partial charge on any atom is 0.223 e. The van der Waals surface area contributed by atoms with Crippen LogP contribution in [0.5, 0.6) is 0 Å². The number of aryl methyl sites for hydroxylation is 1. The van der Waals surface area contributed by atoms with Crippen LogP contribution in [0.2, 0.25) is 5.02 Å². The van der Waals surface area contributed by atoms with Gasteiger partial charge in [0.15, 0.2) is 15.6 Å². The molecule has 1 N–H and O–H groups in total. The van der Waals surface area contributed by atoms with Crippen molar-refractivity contribution >= 4 is 43.9 Å². The first-order valence-corrected chi connectivity index (χ1v) is 13.6. The van der Waals surface area contributed by atoms with Gasteiger partial charge in [-0.05, 0) is 54.8 Å². The van der Waals surface area contributed by atoms with Gasteiger partial charge in [0.05, 0.1) is 34.2 Å². The van der Waals surface area contributed by atoms with Crippen molar-refractivity contribution in [2.24, 2.45) is 5.92 Å². The van der Waals surface area contributed by atoms with Gasteiger partial charge in [-0.25, -0.2) is 13.4 Å². The number of halogens is 1. The molecule has 1 atom stereocenters. The molecule has 1 saturated heterocycles. The minimum Gasteiger partial charge on any atom is -0.389 e. The molecule has 5 rings (SSSR count). The summed E-state index contributed by atoms with van der Waals surface area (Å²) in [6.07, 6.45) is 2.02. The van der Waals surface area contributed by atoms with Crippen LogP contribution in [0.4, 0.5) is 0 Å². The van der Waals surface area contributed by atoms with Crippen molar-refractivity contribution in [2.45, 2.75) is 43.2 Å². The third-order valence-corrected chi connectivity index (χ3v) is 9.25. The third kappa shape index (κ3) is 4.37.